The van der Waals surface area contributed by atoms with E-state index in [4.69, 9.17) is 0 Å². The molecule has 2 N–H and O–H groups in total. The lowest BCUT2D eigenvalue weighted by Gasteiger charge is -2.12. The van der Waals surface area contributed by atoms with Crippen LogP contribution in [0, 0.1) is 23.3 Å². The lowest BCUT2D eigenvalue weighted by molar-refractivity contribution is -0.115. The Morgan fingerprint density at radius 1 is 1.10 bits per heavy atom. The van der Waals surface area contributed by atoms with Crippen LogP contribution in [0.5, 0.6) is 0 Å². The predicted molar refractivity (Wildman–Crippen MR) is 65.2 cm³/mol. The fourth-order valence-electron chi connectivity index (χ4n) is 2.23. The van der Waals surface area contributed by atoms with E-state index < -0.39 is 34.9 Å². The van der Waals surface area contributed by atoms with Gasteiger partial charge in [-0.1, -0.05) is 12.8 Å². The van der Waals surface area contributed by atoms with E-state index >= 15 is 0 Å². The zero-order valence-corrected chi connectivity index (χ0v) is 10.6. The van der Waals surface area contributed by atoms with Crippen LogP contribution in [0.1, 0.15) is 25.7 Å². The Bertz CT molecular complexity index is 489. The third-order valence-corrected chi connectivity index (χ3v) is 3.28. The Morgan fingerprint density at radius 3 is 2.20 bits per heavy atom. The molecule has 0 aromatic heterocycles. The van der Waals surface area contributed by atoms with Gasteiger partial charge in [0.2, 0.25) is 5.91 Å². The number of benzene rings is 1. The highest BCUT2D eigenvalue weighted by Gasteiger charge is 2.21. The molecule has 1 aromatic carbocycles. The molecule has 1 amide bonds. The first-order valence-electron chi connectivity index (χ1n) is 6.35. The molecule has 0 aliphatic heterocycles. The van der Waals surface area contributed by atoms with Crippen molar-refractivity contribution in [2.24, 2.45) is 0 Å². The topological polar surface area (TPSA) is 41.1 Å². The second-order valence-electron chi connectivity index (χ2n) is 4.75. The third kappa shape index (κ3) is 3.27. The molecule has 0 atom stereocenters. The van der Waals surface area contributed by atoms with Gasteiger partial charge in [-0.05, 0) is 12.8 Å². The molecule has 1 saturated carbocycles. The maximum Gasteiger partial charge on any atom is 0.238 e. The van der Waals surface area contributed by atoms with E-state index in [2.05, 4.69) is 5.32 Å². The number of halogens is 4. The van der Waals surface area contributed by atoms with Gasteiger partial charge in [0.15, 0.2) is 23.3 Å². The second-order valence-corrected chi connectivity index (χ2v) is 4.75. The summed E-state index contributed by atoms with van der Waals surface area (Å²) in [6.07, 6.45) is 4.00. The van der Waals surface area contributed by atoms with Gasteiger partial charge in [0, 0.05) is 12.1 Å². The summed E-state index contributed by atoms with van der Waals surface area (Å²) >= 11 is 0. The van der Waals surface area contributed by atoms with Crippen molar-refractivity contribution in [3.63, 3.8) is 0 Å². The van der Waals surface area contributed by atoms with Gasteiger partial charge in [-0.2, -0.15) is 0 Å². The third-order valence-electron chi connectivity index (χ3n) is 3.28. The van der Waals surface area contributed by atoms with Crippen molar-refractivity contribution in [1.82, 2.24) is 5.32 Å². The molecule has 1 fully saturated rings. The van der Waals surface area contributed by atoms with Gasteiger partial charge >= 0.3 is 0 Å². The Kier molecular flexibility index (Phi) is 4.59. The monoisotopic (exact) mass is 290 g/mol. The minimum absolute atomic E-state index is 0.0943. The Morgan fingerprint density at radius 2 is 1.65 bits per heavy atom. The fourth-order valence-corrected chi connectivity index (χ4v) is 2.23. The molecular weight excluding hydrogens is 276 g/mol. The number of hydrogen-bond donors (Lipinski definition) is 2. The molecule has 7 heteroatoms. The molecule has 0 spiro atoms. The number of hydrogen-bond acceptors (Lipinski definition) is 2. The molecular formula is C13H14F4N2O. The van der Waals surface area contributed by atoms with Crippen LogP contribution in [0.3, 0.4) is 0 Å². The Balaban J connectivity index is 2.00. The SMILES string of the molecule is O=C(CNC1CCCC1)Nc1c(F)c(F)cc(F)c1F. The van der Waals surface area contributed by atoms with Crippen molar-refractivity contribution in [3.8, 4) is 0 Å². The van der Waals surface area contributed by atoms with Gasteiger partial charge < -0.3 is 10.6 Å². The molecule has 0 saturated heterocycles. The molecule has 0 radical (unpaired) electrons. The summed E-state index contributed by atoms with van der Waals surface area (Å²) in [6.45, 7) is -0.165. The maximum absolute atomic E-state index is 13.3. The molecule has 0 unspecified atom stereocenters. The normalized spacial score (nSPS) is 15.6. The van der Waals surface area contributed by atoms with Crippen molar-refractivity contribution in [2.45, 2.75) is 31.7 Å². The van der Waals surface area contributed by atoms with E-state index in [1.165, 1.54) is 0 Å². The standard InChI is InChI=1S/C13H14F4N2O/c14-8-5-9(15)12(17)13(11(8)16)19-10(20)6-18-7-3-1-2-4-7/h5,7,18H,1-4,6H2,(H,19,20). The van der Waals surface area contributed by atoms with E-state index in [-0.39, 0.29) is 18.7 Å². The highest BCUT2D eigenvalue weighted by Crippen LogP contribution is 2.24. The minimum atomic E-state index is -1.61. The molecule has 0 heterocycles. The molecule has 1 aromatic rings. The first-order valence-corrected chi connectivity index (χ1v) is 6.35. The van der Waals surface area contributed by atoms with Gasteiger partial charge in [0.1, 0.15) is 5.69 Å². The first kappa shape index (κ1) is 14.8. The first-order chi connectivity index (χ1) is 9.49. The Hall–Kier alpha value is -1.63. The van der Waals surface area contributed by atoms with Crippen LogP contribution in [-0.4, -0.2) is 18.5 Å². The number of carbonyl (C=O) groups excluding carboxylic acids is 1. The van der Waals surface area contributed by atoms with Crippen molar-refractivity contribution < 1.29 is 22.4 Å². The molecule has 110 valence electrons. The van der Waals surface area contributed by atoms with Crippen LogP contribution < -0.4 is 10.6 Å². The van der Waals surface area contributed by atoms with Crippen LogP contribution in [-0.2, 0) is 4.79 Å². The second kappa shape index (κ2) is 6.21. The van der Waals surface area contributed by atoms with E-state index in [1.807, 2.05) is 5.32 Å². The minimum Gasteiger partial charge on any atom is -0.320 e. The molecule has 20 heavy (non-hydrogen) atoms. The number of amides is 1. The molecule has 1 aliphatic rings. The van der Waals surface area contributed by atoms with Gasteiger partial charge in [0.05, 0.1) is 6.54 Å². The maximum atomic E-state index is 13.3. The van der Waals surface area contributed by atoms with Crippen molar-refractivity contribution >= 4 is 11.6 Å². The molecule has 0 bridgehead atoms. The summed E-state index contributed by atoms with van der Waals surface area (Å²) in [6, 6.07) is 0.289. The highest BCUT2D eigenvalue weighted by molar-refractivity contribution is 5.92. The van der Waals surface area contributed by atoms with E-state index in [0.29, 0.717) is 0 Å². The molecule has 3 nitrogen and oxygen atoms in total. The van der Waals surface area contributed by atoms with E-state index in [9.17, 15) is 22.4 Å². The number of anilines is 1. The van der Waals surface area contributed by atoms with Crippen molar-refractivity contribution in [1.29, 1.82) is 0 Å². The van der Waals surface area contributed by atoms with Crippen molar-refractivity contribution in [2.75, 3.05) is 11.9 Å². The summed E-state index contributed by atoms with van der Waals surface area (Å²) in [5, 5.41) is 4.78. The quantitative estimate of drug-likeness (QED) is 0.661. The van der Waals surface area contributed by atoms with Crippen molar-refractivity contribution in [3.05, 3.63) is 29.3 Å². The van der Waals surface area contributed by atoms with Crippen LogP contribution >= 0.6 is 0 Å². The summed E-state index contributed by atoms with van der Waals surface area (Å²) < 4.78 is 52.6. The average Bonchev–Trinajstić information content (AvgIpc) is 2.92. The summed E-state index contributed by atoms with van der Waals surface area (Å²) in [5.41, 5.74) is -1.10. The highest BCUT2D eigenvalue weighted by atomic mass is 19.2. The predicted octanol–water partition coefficient (Wildman–Crippen LogP) is 2.71. The van der Waals surface area contributed by atoms with Crippen LogP contribution in [0.4, 0.5) is 23.2 Å². The fraction of sp³-hybridized carbons (Fsp3) is 0.462. The van der Waals surface area contributed by atoms with E-state index in [0.717, 1.165) is 25.7 Å². The average molecular weight is 290 g/mol. The lowest BCUT2D eigenvalue weighted by Crippen LogP contribution is -2.34. The largest absolute Gasteiger partial charge is 0.320 e. The smallest absolute Gasteiger partial charge is 0.238 e. The number of carbonyl (C=O) groups is 1. The summed E-state index contributed by atoms with van der Waals surface area (Å²) in [7, 11) is 0. The summed E-state index contributed by atoms with van der Waals surface area (Å²) in [4.78, 5) is 11.5. The van der Waals surface area contributed by atoms with Gasteiger partial charge in [0.25, 0.3) is 0 Å². The van der Waals surface area contributed by atoms with Gasteiger partial charge in [-0.15, -0.1) is 0 Å². The van der Waals surface area contributed by atoms with Crippen LogP contribution in [0.2, 0.25) is 0 Å². The Labute approximate surface area is 113 Å². The molecule has 1 aliphatic carbocycles. The molecule has 2 rings (SSSR count). The zero-order valence-electron chi connectivity index (χ0n) is 10.6. The van der Waals surface area contributed by atoms with Gasteiger partial charge in [-0.3, -0.25) is 4.79 Å². The van der Waals surface area contributed by atoms with Gasteiger partial charge in [-0.25, -0.2) is 17.6 Å². The number of rotatable bonds is 4. The lowest BCUT2D eigenvalue weighted by atomic mass is 10.2. The number of nitrogens with one attached hydrogen (secondary N) is 2. The van der Waals surface area contributed by atoms with Crippen LogP contribution in [0.25, 0.3) is 0 Å². The zero-order chi connectivity index (χ0) is 14.7. The van der Waals surface area contributed by atoms with E-state index in [1.54, 1.807) is 0 Å². The van der Waals surface area contributed by atoms with Crippen LogP contribution in [0.15, 0.2) is 6.07 Å². The summed E-state index contributed by atoms with van der Waals surface area (Å²) in [5.74, 6) is -7.08.